The Balaban J connectivity index is 1.43. The first kappa shape index (κ1) is 19.2. The van der Waals surface area contributed by atoms with Gasteiger partial charge in [0, 0.05) is 25.6 Å². The second-order valence-corrected chi connectivity index (χ2v) is 8.35. The lowest BCUT2D eigenvalue weighted by molar-refractivity contribution is -0.129. The molecular formula is C23H28N4O3. The summed E-state index contributed by atoms with van der Waals surface area (Å²) in [7, 11) is 1.70. The number of rotatable bonds is 3. The van der Waals surface area contributed by atoms with Gasteiger partial charge in [-0.25, -0.2) is 4.98 Å². The first-order chi connectivity index (χ1) is 14.7. The average Bonchev–Trinajstić information content (AvgIpc) is 3.20. The van der Waals surface area contributed by atoms with Crippen molar-refractivity contribution in [1.82, 2.24) is 14.5 Å². The Morgan fingerprint density at radius 3 is 2.87 bits per heavy atom. The number of amidine groups is 1. The molecule has 1 aromatic heterocycles. The Morgan fingerprint density at radius 2 is 2.10 bits per heavy atom. The summed E-state index contributed by atoms with van der Waals surface area (Å²) in [6, 6.07) is 6.26. The number of oxime groups is 1. The molecule has 0 saturated carbocycles. The highest BCUT2D eigenvalue weighted by molar-refractivity contribution is 6.02. The number of ether oxygens (including phenoxy) is 2. The summed E-state index contributed by atoms with van der Waals surface area (Å²) < 4.78 is 13.2. The first-order valence-corrected chi connectivity index (χ1v) is 10.6. The molecule has 0 atom stereocenters. The molecule has 1 aromatic carbocycles. The highest BCUT2D eigenvalue weighted by Crippen LogP contribution is 2.34. The summed E-state index contributed by atoms with van der Waals surface area (Å²) in [5.74, 6) is 1.80. The van der Waals surface area contributed by atoms with Gasteiger partial charge in [0.15, 0.2) is 11.4 Å². The highest BCUT2D eigenvalue weighted by Gasteiger charge is 2.42. The number of hydrogen-bond donors (Lipinski definition) is 0. The van der Waals surface area contributed by atoms with Crippen molar-refractivity contribution < 1.29 is 14.3 Å². The van der Waals surface area contributed by atoms with Crippen molar-refractivity contribution in [2.24, 2.45) is 5.16 Å². The summed E-state index contributed by atoms with van der Waals surface area (Å²) >= 11 is 0. The Kier molecular flexibility index (Phi) is 4.98. The lowest BCUT2D eigenvalue weighted by Crippen LogP contribution is -2.54. The lowest BCUT2D eigenvalue weighted by atomic mass is 9.91. The fourth-order valence-electron chi connectivity index (χ4n) is 4.55. The van der Waals surface area contributed by atoms with Crippen LogP contribution in [0.2, 0.25) is 0 Å². The number of aromatic nitrogens is 2. The molecule has 0 radical (unpaired) electrons. The fourth-order valence-corrected chi connectivity index (χ4v) is 4.55. The van der Waals surface area contributed by atoms with Gasteiger partial charge >= 0.3 is 0 Å². The van der Waals surface area contributed by atoms with Crippen molar-refractivity contribution in [3.05, 3.63) is 47.6 Å². The van der Waals surface area contributed by atoms with Crippen LogP contribution in [-0.2, 0) is 9.57 Å². The predicted octanol–water partition coefficient (Wildman–Crippen LogP) is 3.56. The number of methoxy groups -OCH3 is 1. The zero-order valence-corrected chi connectivity index (χ0v) is 17.6. The topological polar surface area (TPSA) is 61.1 Å². The van der Waals surface area contributed by atoms with E-state index in [1.807, 2.05) is 24.0 Å². The molecule has 2 saturated heterocycles. The van der Waals surface area contributed by atoms with E-state index in [-0.39, 0.29) is 5.60 Å². The SMILES string of the molecule is COc1cc(/C=C2\CCCN3CC4(CCOCC4)ON=C23)ccc1-n1cnc(C)c1. The third-order valence-corrected chi connectivity index (χ3v) is 6.20. The number of benzene rings is 1. The molecular weight excluding hydrogens is 380 g/mol. The summed E-state index contributed by atoms with van der Waals surface area (Å²) in [5.41, 5.74) is 4.08. The molecule has 4 heterocycles. The van der Waals surface area contributed by atoms with Crippen LogP contribution in [0.1, 0.15) is 36.9 Å². The molecule has 0 amide bonds. The number of aryl methyl sites for hydroxylation is 1. The van der Waals surface area contributed by atoms with Crippen LogP contribution >= 0.6 is 0 Å². The van der Waals surface area contributed by atoms with E-state index in [0.717, 1.165) is 80.5 Å². The van der Waals surface area contributed by atoms with Crippen LogP contribution in [0.3, 0.4) is 0 Å². The minimum atomic E-state index is -0.183. The zero-order chi connectivity index (χ0) is 20.6. The van der Waals surface area contributed by atoms with E-state index in [2.05, 4.69) is 39.3 Å². The van der Waals surface area contributed by atoms with Gasteiger partial charge in [-0.2, -0.15) is 0 Å². The van der Waals surface area contributed by atoms with Crippen molar-refractivity contribution >= 4 is 11.9 Å². The predicted molar refractivity (Wildman–Crippen MR) is 115 cm³/mol. The average molecular weight is 409 g/mol. The van der Waals surface area contributed by atoms with Gasteiger partial charge in [0.25, 0.3) is 0 Å². The van der Waals surface area contributed by atoms with Crippen molar-refractivity contribution in [1.29, 1.82) is 0 Å². The van der Waals surface area contributed by atoms with Crippen LogP contribution in [0.25, 0.3) is 11.8 Å². The van der Waals surface area contributed by atoms with Gasteiger partial charge in [-0.15, -0.1) is 0 Å². The molecule has 0 N–H and O–H groups in total. The second kappa shape index (κ2) is 7.80. The molecule has 5 rings (SSSR count). The van der Waals surface area contributed by atoms with E-state index in [1.165, 1.54) is 5.57 Å². The summed E-state index contributed by atoms with van der Waals surface area (Å²) in [4.78, 5) is 12.8. The number of hydrogen-bond acceptors (Lipinski definition) is 6. The van der Waals surface area contributed by atoms with E-state index in [4.69, 9.17) is 14.3 Å². The Bertz CT molecular complexity index is 988. The molecule has 0 unspecified atom stereocenters. The van der Waals surface area contributed by atoms with E-state index in [0.29, 0.717) is 0 Å². The number of nitrogens with zero attached hydrogens (tertiary/aromatic N) is 4. The molecule has 1 spiro atoms. The quantitative estimate of drug-likeness (QED) is 0.777. The van der Waals surface area contributed by atoms with Gasteiger partial charge in [0.1, 0.15) is 5.75 Å². The first-order valence-electron chi connectivity index (χ1n) is 10.6. The smallest absolute Gasteiger partial charge is 0.171 e. The zero-order valence-electron chi connectivity index (χ0n) is 17.6. The largest absolute Gasteiger partial charge is 0.495 e. The van der Waals surface area contributed by atoms with Gasteiger partial charge in [-0.05, 0) is 49.1 Å². The molecule has 2 fully saturated rings. The van der Waals surface area contributed by atoms with E-state index in [9.17, 15) is 0 Å². The van der Waals surface area contributed by atoms with E-state index >= 15 is 0 Å². The summed E-state index contributed by atoms with van der Waals surface area (Å²) in [6.07, 6.45) is 9.96. The van der Waals surface area contributed by atoms with Crippen molar-refractivity contribution in [2.75, 3.05) is 33.4 Å². The normalized spacial score (nSPS) is 21.9. The Labute approximate surface area is 176 Å². The van der Waals surface area contributed by atoms with E-state index in [1.54, 1.807) is 7.11 Å². The maximum Gasteiger partial charge on any atom is 0.171 e. The molecule has 3 aliphatic heterocycles. The molecule has 0 bridgehead atoms. The van der Waals surface area contributed by atoms with Gasteiger partial charge in [-0.3, -0.25) is 0 Å². The maximum atomic E-state index is 6.06. The van der Waals surface area contributed by atoms with Crippen LogP contribution in [0, 0.1) is 6.92 Å². The standard InChI is InChI=1S/C23H28N4O3/c1-17-14-27(16-24-17)20-6-5-18(13-21(20)28-2)12-19-4-3-9-26-15-23(30-25-22(19)26)7-10-29-11-8-23/h5-6,12-14,16H,3-4,7-11,15H2,1-2H3/b19-12+. The molecule has 30 heavy (non-hydrogen) atoms. The van der Waals surface area contributed by atoms with Crippen molar-refractivity contribution in [3.8, 4) is 11.4 Å². The molecule has 3 aliphatic rings. The van der Waals surface area contributed by atoms with Crippen LogP contribution in [0.5, 0.6) is 5.75 Å². The number of piperidine rings is 1. The lowest BCUT2D eigenvalue weighted by Gasteiger charge is -2.45. The van der Waals surface area contributed by atoms with Gasteiger partial charge in [-0.1, -0.05) is 11.2 Å². The fraction of sp³-hybridized carbons (Fsp3) is 0.478. The molecule has 158 valence electrons. The van der Waals surface area contributed by atoms with Crippen molar-refractivity contribution in [3.63, 3.8) is 0 Å². The summed E-state index contributed by atoms with van der Waals surface area (Å²) in [6.45, 7) is 5.42. The molecule has 2 aromatic rings. The minimum Gasteiger partial charge on any atom is -0.495 e. The van der Waals surface area contributed by atoms with Gasteiger partial charge in [0.2, 0.25) is 0 Å². The Morgan fingerprint density at radius 1 is 1.23 bits per heavy atom. The second-order valence-electron chi connectivity index (χ2n) is 8.35. The van der Waals surface area contributed by atoms with E-state index < -0.39 is 0 Å². The van der Waals surface area contributed by atoms with Gasteiger partial charge < -0.3 is 23.8 Å². The number of imidazole rings is 1. The monoisotopic (exact) mass is 408 g/mol. The summed E-state index contributed by atoms with van der Waals surface area (Å²) in [5, 5.41) is 4.59. The third-order valence-electron chi connectivity index (χ3n) is 6.20. The minimum absolute atomic E-state index is 0.183. The van der Waals surface area contributed by atoms with Crippen molar-refractivity contribution in [2.45, 2.75) is 38.2 Å². The van der Waals surface area contributed by atoms with Gasteiger partial charge in [0.05, 0.1) is 44.6 Å². The van der Waals surface area contributed by atoms with Crippen LogP contribution < -0.4 is 4.74 Å². The number of fused-ring (bicyclic) bond motifs is 1. The third kappa shape index (κ3) is 3.58. The Hall–Kier alpha value is -2.80. The molecule has 7 heteroatoms. The molecule has 7 nitrogen and oxygen atoms in total. The van der Waals surface area contributed by atoms with Crippen LogP contribution in [-0.4, -0.2) is 59.3 Å². The maximum absolute atomic E-state index is 6.06. The highest BCUT2D eigenvalue weighted by atomic mass is 16.7. The van der Waals surface area contributed by atoms with Crippen LogP contribution in [0.15, 0.2) is 41.5 Å². The molecule has 0 aliphatic carbocycles. The van der Waals surface area contributed by atoms with Crippen LogP contribution in [0.4, 0.5) is 0 Å².